The number of hydrogen-bond acceptors (Lipinski definition) is 2. The molecule has 0 aliphatic heterocycles. The lowest BCUT2D eigenvalue weighted by atomic mass is 9.79. The molecule has 0 saturated heterocycles. The van der Waals surface area contributed by atoms with Gasteiger partial charge >= 0.3 is 0 Å². The smallest absolute Gasteiger partial charge is 0.0544 e. The van der Waals surface area contributed by atoms with Gasteiger partial charge in [-0.3, -0.25) is 0 Å². The normalized spacial score (nSPS) is 14.4. The van der Waals surface area contributed by atoms with E-state index in [0.717, 1.165) is 19.8 Å². The molecule has 0 rings (SSSR count). The monoisotopic (exact) mass is 286 g/mol. The van der Waals surface area contributed by atoms with Gasteiger partial charge in [0.15, 0.2) is 0 Å². The number of rotatable bonds is 15. The minimum Gasteiger partial charge on any atom is -0.384 e. The summed E-state index contributed by atoms with van der Waals surface area (Å²) in [5, 5.41) is 0. The highest BCUT2D eigenvalue weighted by atomic mass is 16.5. The van der Waals surface area contributed by atoms with Crippen molar-refractivity contribution in [3.05, 3.63) is 0 Å². The molecule has 0 bridgehead atoms. The lowest BCUT2D eigenvalue weighted by molar-refractivity contribution is -0.0178. The zero-order chi connectivity index (χ0) is 15.1. The Hall–Kier alpha value is -0.0800. The van der Waals surface area contributed by atoms with Crippen LogP contribution >= 0.6 is 0 Å². The minimum absolute atomic E-state index is 0.256. The molecule has 0 radical (unpaired) electrons. The van der Waals surface area contributed by atoms with E-state index in [1.165, 1.54) is 64.2 Å². The highest BCUT2D eigenvalue weighted by Crippen LogP contribution is 2.32. The van der Waals surface area contributed by atoms with Crippen LogP contribution in [0.15, 0.2) is 0 Å². The van der Waals surface area contributed by atoms with Crippen molar-refractivity contribution < 1.29 is 9.47 Å². The molecule has 0 aromatic heterocycles. The maximum Gasteiger partial charge on any atom is 0.0544 e. The molecule has 2 nitrogen and oxygen atoms in total. The molecule has 0 aliphatic carbocycles. The first-order valence-corrected chi connectivity index (χ1v) is 8.81. The van der Waals surface area contributed by atoms with Crippen LogP contribution in [0.2, 0.25) is 0 Å². The van der Waals surface area contributed by atoms with Crippen LogP contribution in [0.25, 0.3) is 0 Å². The summed E-state index contributed by atoms with van der Waals surface area (Å²) in [5.74, 6) is 0. The van der Waals surface area contributed by atoms with Crippen LogP contribution in [-0.2, 0) is 9.47 Å². The number of ether oxygens (including phenoxy) is 2. The van der Waals surface area contributed by atoms with E-state index in [1.807, 2.05) is 7.11 Å². The van der Waals surface area contributed by atoms with E-state index in [-0.39, 0.29) is 5.41 Å². The van der Waals surface area contributed by atoms with Gasteiger partial charge in [0.25, 0.3) is 0 Å². The van der Waals surface area contributed by atoms with Gasteiger partial charge in [-0.05, 0) is 19.8 Å². The minimum atomic E-state index is 0.256. The van der Waals surface area contributed by atoms with Crippen molar-refractivity contribution in [3.63, 3.8) is 0 Å². The van der Waals surface area contributed by atoms with Crippen LogP contribution in [0.5, 0.6) is 0 Å². The van der Waals surface area contributed by atoms with Crippen LogP contribution < -0.4 is 0 Å². The van der Waals surface area contributed by atoms with Crippen molar-refractivity contribution in [2.45, 2.75) is 85.0 Å². The topological polar surface area (TPSA) is 18.5 Å². The highest BCUT2D eigenvalue weighted by Gasteiger charge is 2.29. The van der Waals surface area contributed by atoms with Gasteiger partial charge < -0.3 is 9.47 Å². The Balaban J connectivity index is 4.28. The fraction of sp³-hybridized carbons (Fsp3) is 1.00. The Bertz CT molecular complexity index is 194. The predicted octanol–water partition coefficient (Wildman–Crippen LogP) is 5.60. The lowest BCUT2D eigenvalue weighted by Gasteiger charge is -2.33. The molecular formula is C18H38O2. The van der Waals surface area contributed by atoms with E-state index in [4.69, 9.17) is 9.47 Å². The molecule has 0 aromatic carbocycles. The Morgan fingerprint density at radius 2 is 1.25 bits per heavy atom. The fourth-order valence-corrected chi connectivity index (χ4v) is 2.93. The first kappa shape index (κ1) is 19.9. The van der Waals surface area contributed by atoms with Crippen LogP contribution in [0.4, 0.5) is 0 Å². The molecule has 2 heteroatoms. The Morgan fingerprint density at radius 3 is 1.80 bits per heavy atom. The summed E-state index contributed by atoms with van der Waals surface area (Å²) in [4.78, 5) is 0. The average molecular weight is 286 g/mol. The SMILES string of the molecule is CCCCCCCC(CCCCC)(COC)COCC. The van der Waals surface area contributed by atoms with Gasteiger partial charge in [0.05, 0.1) is 13.2 Å². The predicted molar refractivity (Wildman–Crippen MR) is 88.3 cm³/mol. The first-order chi connectivity index (χ1) is 9.74. The van der Waals surface area contributed by atoms with E-state index in [1.54, 1.807) is 0 Å². The van der Waals surface area contributed by atoms with E-state index < -0.39 is 0 Å². The molecule has 1 unspecified atom stereocenters. The van der Waals surface area contributed by atoms with Crippen LogP contribution in [0.1, 0.15) is 85.0 Å². The van der Waals surface area contributed by atoms with Crippen molar-refractivity contribution in [1.82, 2.24) is 0 Å². The Kier molecular flexibility index (Phi) is 13.8. The van der Waals surface area contributed by atoms with E-state index >= 15 is 0 Å². The lowest BCUT2D eigenvalue weighted by Crippen LogP contribution is -2.32. The zero-order valence-electron chi connectivity index (χ0n) is 14.5. The van der Waals surface area contributed by atoms with Gasteiger partial charge in [-0.1, -0.05) is 65.2 Å². The molecule has 0 aromatic rings. The summed E-state index contributed by atoms with van der Waals surface area (Å²) in [6, 6.07) is 0. The van der Waals surface area contributed by atoms with Gasteiger partial charge in [-0.25, -0.2) is 0 Å². The standard InChI is InChI=1S/C18H38O2/c1-5-8-10-11-13-15-18(16-19-4,17-20-7-3)14-12-9-6-2/h5-17H2,1-4H3. The summed E-state index contributed by atoms with van der Waals surface area (Å²) in [6.45, 7) is 9.17. The Labute approximate surface area is 127 Å². The first-order valence-electron chi connectivity index (χ1n) is 8.81. The largest absolute Gasteiger partial charge is 0.384 e. The molecule has 0 aliphatic rings. The quantitative estimate of drug-likeness (QED) is 0.365. The third-order valence-electron chi connectivity index (χ3n) is 4.18. The van der Waals surface area contributed by atoms with Crippen molar-refractivity contribution in [3.8, 4) is 0 Å². The molecule has 0 amide bonds. The molecule has 0 N–H and O–H groups in total. The third kappa shape index (κ3) is 9.77. The van der Waals surface area contributed by atoms with Crippen molar-refractivity contribution in [2.75, 3.05) is 26.9 Å². The van der Waals surface area contributed by atoms with Gasteiger partial charge in [-0.2, -0.15) is 0 Å². The summed E-state index contributed by atoms with van der Waals surface area (Å²) >= 11 is 0. The van der Waals surface area contributed by atoms with Gasteiger partial charge in [0.2, 0.25) is 0 Å². The molecule has 0 saturated carbocycles. The van der Waals surface area contributed by atoms with Gasteiger partial charge in [0, 0.05) is 19.1 Å². The highest BCUT2D eigenvalue weighted by molar-refractivity contribution is 4.79. The second kappa shape index (κ2) is 13.9. The molecule has 122 valence electrons. The molecule has 0 spiro atoms. The molecule has 0 fully saturated rings. The Morgan fingerprint density at radius 1 is 0.700 bits per heavy atom. The van der Waals surface area contributed by atoms with E-state index in [0.29, 0.717) is 0 Å². The fourth-order valence-electron chi connectivity index (χ4n) is 2.93. The third-order valence-corrected chi connectivity index (χ3v) is 4.18. The zero-order valence-corrected chi connectivity index (χ0v) is 14.5. The molecular weight excluding hydrogens is 248 g/mol. The van der Waals surface area contributed by atoms with Crippen molar-refractivity contribution >= 4 is 0 Å². The molecule has 1 atom stereocenters. The maximum atomic E-state index is 5.78. The molecule has 0 heterocycles. The van der Waals surface area contributed by atoms with E-state index in [9.17, 15) is 0 Å². The van der Waals surface area contributed by atoms with Crippen LogP contribution in [0, 0.1) is 5.41 Å². The van der Waals surface area contributed by atoms with Crippen LogP contribution in [-0.4, -0.2) is 26.9 Å². The number of methoxy groups -OCH3 is 1. The van der Waals surface area contributed by atoms with Crippen molar-refractivity contribution in [1.29, 1.82) is 0 Å². The van der Waals surface area contributed by atoms with Gasteiger partial charge in [0.1, 0.15) is 0 Å². The summed E-state index contributed by atoms with van der Waals surface area (Å²) < 4.78 is 11.3. The van der Waals surface area contributed by atoms with E-state index in [2.05, 4.69) is 20.8 Å². The van der Waals surface area contributed by atoms with Gasteiger partial charge in [-0.15, -0.1) is 0 Å². The maximum absolute atomic E-state index is 5.78. The van der Waals surface area contributed by atoms with Crippen LogP contribution in [0.3, 0.4) is 0 Å². The summed E-state index contributed by atoms with van der Waals surface area (Å²) in [7, 11) is 1.83. The molecule has 20 heavy (non-hydrogen) atoms. The van der Waals surface area contributed by atoms with Crippen molar-refractivity contribution in [2.24, 2.45) is 5.41 Å². The summed E-state index contributed by atoms with van der Waals surface area (Å²) in [6.07, 6.45) is 13.2. The second-order valence-electron chi connectivity index (χ2n) is 6.19. The summed E-state index contributed by atoms with van der Waals surface area (Å²) in [5.41, 5.74) is 0.256. The number of unbranched alkanes of at least 4 members (excludes halogenated alkanes) is 6. The number of hydrogen-bond donors (Lipinski definition) is 0. The second-order valence-corrected chi connectivity index (χ2v) is 6.19. The average Bonchev–Trinajstić information content (AvgIpc) is 2.45.